The first-order chi connectivity index (χ1) is 6.14. The smallest absolute Gasteiger partial charge is 0.0660 e. The molecule has 0 amide bonds. The Labute approximate surface area is 87.0 Å². The average molecular weight is 198 g/mol. The van der Waals surface area contributed by atoms with Crippen molar-refractivity contribution >= 4 is 0 Å². The molecule has 0 rings (SSSR count). The van der Waals surface area contributed by atoms with Crippen molar-refractivity contribution in [3.05, 3.63) is 25.3 Å². The summed E-state index contributed by atoms with van der Waals surface area (Å²) in [6, 6.07) is 0. The van der Waals surface area contributed by atoms with Crippen molar-refractivity contribution in [1.82, 2.24) is 0 Å². The van der Waals surface area contributed by atoms with Crippen molar-refractivity contribution in [2.75, 3.05) is 0 Å². The van der Waals surface area contributed by atoms with Gasteiger partial charge in [-0.05, 0) is 27.7 Å². The fraction of sp³-hybridized carbons (Fsp3) is 0.667. The van der Waals surface area contributed by atoms with Gasteiger partial charge in [-0.15, -0.1) is 13.2 Å². The highest BCUT2D eigenvalue weighted by Gasteiger charge is 2.37. The van der Waals surface area contributed by atoms with Crippen LogP contribution in [-0.4, -0.2) is 21.4 Å². The van der Waals surface area contributed by atoms with E-state index in [1.165, 1.54) is 0 Å². The third-order valence-corrected chi connectivity index (χ3v) is 2.53. The van der Waals surface area contributed by atoms with E-state index >= 15 is 0 Å². The lowest BCUT2D eigenvalue weighted by Gasteiger charge is -2.38. The van der Waals surface area contributed by atoms with E-state index in [1.54, 1.807) is 39.8 Å². The topological polar surface area (TPSA) is 40.5 Å². The zero-order valence-corrected chi connectivity index (χ0v) is 9.62. The Balaban J connectivity index is 5.00. The van der Waals surface area contributed by atoms with Gasteiger partial charge in [0.15, 0.2) is 0 Å². The molecule has 0 aromatic rings. The van der Waals surface area contributed by atoms with Gasteiger partial charge < -0.3 is 10.2 Å². The molecule has 0 saturated carbocycles. The molecule has 0 aromatic carbocycles. The Bertz CT molecular complexity index is 181. The molecule has 2 N–H and O–H groups in total. The second-order valence-corrected chi connectivity index (χ2v) is 4.83. The monoisotopic (exact) mass is 198 g/mol. The summed E-state index contributed by atoms with van der Waals surface area (Å²) in [7, 11) is 0. The molecule has 0 aliphatic carbocycles. The van der Waals surface area contributed by atoms with Crippen molar-refractivity contribution < 1.29 is 10.2 Å². The van der Waals surface area contributed by atoms with E-state index in [1.807, 2.05) is 0 Å². The van der Waals surface area contributed by atoms with E-state index in [0.29, 0.717) is 0 Å². The van der Waals surface area contributed by atoms with Crippen LogP contribution < -0.4 is 0 Å². The summed E-state index contributed by atoms with van der Waals surface area (Å²) < 4.78 is 0. The van der Waals surface area contributed by atoms with Crippen LogP contribution in [0.4, 0.5) is 0 Å². The molecule has 2 heteroatoms. The quantitative estimate of drug-likeness (QED) is 0.664. The third kappa shape index (κ3) is 3.28. The molecule has 0 radical (unpaired) electrons. The van der Waals surface area contributed by atoms with E-state index in [9.17, 15) is 10.2 Å². The molecular weight excluding hydrogens is 176 g/mol. The van der Waals surface area contributed by atoms with Crippen LogP contribution in [0.25, 0.3) is 0 Å². The van der Waals surface area contributed by atoms with Gasteiger partial charge in [0.25, 0.3) is 0 Å². The first kappa shape index (κ1) is 13.4. The lowest BCUT2D eigenvalue weighted by Crippen LogP contribution is -2.43. The Morgan fingerprint density at radius 1 is 0.857 bits per heavy atom. The molecule has 0 spiro atoms. The van der Waals surface area contributed by atoms with Gasteiger partial charge >= 0.3 is 0 Å². The minimum absolute atomic E-state index is 0.208. The van der Waals surface area contributed by atoms with E-state index in [4.69, 9.17) is 0 Å². The van der Waals surface area contributed by atoms with Crippen molar-refractivity contribution in [2.45, 2.75) is 38.9 Å². The molecule has 0 aliphatic rings. The first-order valence-electron chi connectivity index (χ1n) is 4.84. The van der Waals surface area contributed by atoms with E-state index in [-0.39, 0.29) is 11.8 Å². The largest absolute Gasteiger partial charge is 0.390 e. The molecule has 82 valence electrons. The number of hydrogen-bond acceptors (Lipinski definition) is 2. The van der Waals surface area contributed by atoms with Crippen molar-refractivity contribution in [2.24, 2.45) is 11.8 Å². The minimum Gasteiger partial charge on any atom is -0.390 e. The van der Waals surface area contributed by atoms with Gasteiger partial charge in [-0.25, -0.2) is 0 Å². The van der Waals surface area contributed by atoms with Crippen LogP contribution >= 0.6 is 0 Å². The van der Waals surface area contributed by atoms with Crippen LogP contribution in [-0.2, 0) is 0 Å². The predicted octanol–water partition coefficient (Wildman–Crippen LogP) is 2.13. The Morgan fingerprint density at radius 2 is 1.07 bits per heavy atom. The van der Waals surface area contributed by atoms with Crippen LogP contribution in [0.3, 0.4) is 0 Å². The Morgan fingerprint density at radius 3 is 1.14 bits per heavy atom. The van der Waals surface area contributed by atoms with E-state index in [0.717, 1.165) is 0 Å². The van der Waals surface area contributed by atoms with Crippen LogP contribution in [0.1, 0.15) is 27.7 Å². The molecular formula is C12H22O2. The summed E-state index contributed by atoms with van der Waals surface area (Å²) >= 11 is 0. The maximum atomic E-state index is 9.91. The highest BCUT2D eigenvalue weighted by atomic mass is 16.3. The van der Waals surface area contributed by atoms with Crippen LogP contribution in [0.5, 0.6) is 0 Å². The van der Waals surface area contributed by atoms with Crippen LogP contribution in [0.2, 0.25) is 0 Å². The highest BCUT2D eigenvalue weighted by Crippen LogP contribution is 2.33. The minimum atomic E-state index is -0.902. The number of rotatable bonds is 5. The molecule has 2 nitrogen and oxygen atoms in total. The molecule has 0 heterocycles. The fourth-order valence-electron chi connectivity index (χ4n) is 1.75. The summed E-state index contributed by atoms with van der Waals surface area (Å²) in [5, 5.41) is 19.8. The molecule has 0 aromatic heterocycles. The lowest BCUT2D eigenvalue weighted by atomic mass is 9.73. The number of aliphatic hydroxyl groups is 2. The van der Waals surface area contributed by atoms with E-state index < -0.39 is 11.2 Å². The number of hydrogen-bond donors (Lipinski definition) is 2. The lowest BCUT2D eigenvalue weighted by molar-refractivity contribution is -0.0451. The summed E-state index contributed by atoms with van der Waals surface area (Å²) in [6.07, 6.45) is 3.34. The van der Waals surface area contributed by atoms with Crippen LogP contribution in [0.15, 0.2) is 25.3 Å². The second kappa shape index (κ2) is 4.28. The maximum Gasteiger partial charge on any atom is 0.0660 e. The van der Waals surface area contributed by atoms with Crippen molar-refractivity contribution in [1.29, 1.82) is 0 Å². The highest BCUT2D eigenvalue weighted by molar-refractivity contribution is 5.05. The van der Waals surface area contributed by atoms with Crippen molar-refractivity contribution in [3.8, 4) is 0 Å². The zero-order valence-electron chi connectivity index (χ0n) is 9.62. The molecule has 2 atom stereocenters. The van der Waals surface area contributed by atoms with Gasteiger partial charge in [-0.1, -0.05) is 12.2 Å². The van der Waals surface area contributed by atoms with Crippen molar-refractivity contribution in [3.63, 3.8) is 0 Å². The average Bonchev–Trinajstić information content (AvgIpc) is 1.94. The third-order valence-electron chi connectivity index (χ3n) is 2.53. The second-order valence-electron chi connectivity index (χ2n) is 4.83. The van der Waals surface area contributed by atoms with Gasteiger partial charge in [0, 0.05) is 11.8 Å². The van der Waals surface area contributed by atoms with Gasteiger partial charge in [-0.2, -0.15) is 0 Å². The molecule has 14 heavy (non-hydrogen) atoms. The SMILES string of the molecule is C=CC(C(C=C)C(C)(C)O)C(C)(C)O. The molecule has 2 unspecified atom stereocenters. The zero-order chi connectivity index (χ0) is 11.6. The summed E-state index contributed by atoms with van der Waals surface area (Å²) in [6.45, 7) is 14.2. The predicted molar refractivity (Wildman–Crippen MR) is 60.0 cm³/mol. The van der Waals surface area contributed by atoms with Crippen LogP contribution in [0, 0.1) is 11.8 Å². The Kier molecular flexibility index (Phi) is 4.10. The summed E-state index contributed by atoms with van der Waals surface area (Å²) in [5.41, 5.74) is -1.80. The summed E-state index contributed by atoms with van der Waals surface area (Å²) in [5.74, 6) is -0.417. The van der Waals surface area contributed by atoms with Gasteiger partial charge in [-0.3, -0.25) is 0 Å². The molecule has 0 bridgehead atoms. The van der Waals surface area contributed by atoms with Gasteiger partial charge in [0.05, 0.1) is 11.2 Å². The van der Waals surface area contributed by atoms with E-state index in [2.05, 4.69) is 13.2 Å². The molecule has 0 fully saturated rings. The molecule has 0 aliphatic heterocycles. The standard InChI is InChI=1S/C12H22O2/c1-7-9(11(3,4)13)10(8-2)12(5,6)14/h7-10,13-14H,1-2H2,3-6H3. The molecule has 0 saturated heterocycles. The first-order valence-corrected chi connectivity index (χ1v) is 4.84. The van der Waals surface area contributed by atoms with Gasteiger partial charge in [0.2, 0.25) is 0 Å². The Hall–Kier alpha value is -0.600. The summed E-state index contributed by atoms with van der Waals surface area (Å²) in [4.78, 5) is 0. The normalized spacial score (nSPS) is 17.3. The maximum absolute atomic E-state index is 9.91. The van der Waals surface area contributed by atoms with Gasteiger partial charge in [0.1, 0.15) is 0 Å². The fourth-order valence-corrected chi connectivity index (χ4v) is 1.75.